The lowest BCUT2D eigenvalue weighted by atomic mass is 9.96. The van der Waals surface area contributed by atoms with Gasteiger partial charge in [0.2, 0.25) is 0 Å². The number of hydrogen-bond donors (Lipinski definition) is 1. The first-order valence-corrected chi connectivity index (χ1v) is 6.60. The lowest BCUT2D eigenvalue weighted by Crippen LogP contribution is -2.26. The van der Waals surface area contributed by atoms with E-state index in [9.17, 15) is 9.90 Å². The molecule has 3 heteroatoms. The van der Waals surface area contributed by atoms with Crippen LogP contribution in [0.15, 0.2) is 18.2 Å². The number of rotatable bonds is 4. The summed E-state index contributed by atoms with van der Waals surface area (Å²) in [4.78, 5) is 13.6. The number of hydrogen-bond acceptors (Lipinski definition) is 2. The highest BCUT2D eigenvalue weighted by atomic mass is 16.4. The van der Waals surface area contributed by atoms with Gasteiger partial charge in [0.1, 0.15) is 0 Å². The standard InChI is InChI=1S/C15H21NO2/c1-10(2)9-16-8-7-12-5-4-6-13(14(12)16)11(3)15(17)18/h4-6,10-11H,7-9H2,1-3H3,(H,17,18). The van der Waals surface area contributed by atoms with Gasteiger partial charge in [-0.05, 0) is 30.4 Å². The summed E-state index contributed by atoms with van der Waals surface area (Å²) in [6.07, 6.45) is 1.03. The van der Waals surface area contributed by atoms with E-state index in [-0.39, 0.29) is 0 Å². The van der Waals surface area contributed by atoms with Crippen LogP contribution in [0.25, 0.3) is 0 Å². The fourth-order valence-electron chi connectivity index (χ4n) is 2.67. The lowest BCUT2D eigenvalue weighted by molar-refractivity contribution is -0.138. The van der Waals surface area contributed by atoms with Gasteiger partial charge in [0.15, 0.2) is 0 Å². The molecule has 0 radical (unpaired) electrons. The molecule has 0 aliphatic carbocycles. The number of fused-ring (bicyclic) bond motifs is 1. The highest BCUT2D eigenvalue weighted by Crippen LogP contribution is 2.36. The Bertz CT molecular complexity index is 454. The van der Waals surface area contributed by atoms with E-state index in [0.717, 1.165) is 25.1 Å². The number of carboxylic acid groups (broad SMARTS) is 1. The summed E-state index contributed by atoms with van der Waals surface area (Å²) in [7, 11) is 0. The molecule has 1 aromatic carbocycles. The van der Waals surface area contributed by atoms with E-state index in [1.807, 2.05) is 12.1 Å². The van der Waals surface area contributed by atoms with Crippen LogP contribution in [0.2, 0.25) is 0 Å². The maximum atomic E-state index is 11.2. The van der Waals surface area contributed by atoms with Crippen LogP contribution in [0, 0.1) is 5.92 Å². The summed E-state index contributed by atoms with van der Waals surface area (Å²) in [6, 6.07) is 6.05. The SMILES string of the molecule is CC(C)CN1CCc2cccc(C(C)C(=O)O)c21. The van der Waals surface area contributed by atoms with Gasteiger partial charge in [-0.2, -0.15) is 0 Å². The van der Waals surface area contributed by atoms with E-state index < -0.39 is 11.9 Å². The molecule has 0 fully saturated rings. The summed E-state index contributed by atoms with van der Waals surface area (Å²) >= 11 is 0. The fraction of sp³-hybridized carbons (Fsp3) is 0.533. The number of carbonyl (C=O) groups is 1. The van der Waals surface area contributed by atoms with Gasteiger partial charge in [-0.25, -0.2) is 0 Å². The van der Waals surface area contributed by atoms with Crippen molar-refractivity contribution in [3.05, 3.63) is 29.3 Å². The largest absolute Gasteiger partial charge is 0.481 e. The topological polar surface area (TPSA) is 40.5 Å². The molecule has 0 spiro atoms. The second-order valence-electron chi connectivity index (χ2n) is 5.50. The van der Waals surface area contributed by atoms with Crippen molar-refractivity contribution < 1.29 is 9.90 Å². The van der Waals surface area contributed by atoms with Crippen molar-refractivity contribution in [1.29, 1.82) is 0 Å². The highest BCUT2D eigenvalue weighted by Gasteiger charge is 2.27. The third-order valence-electron chi connectivity index (χ3n) is 3.54. The van der Waals surface area contributed by atoms with E-state index in [4.69, 9.17) is 0 Å². The van der Waals surface area contributed by atoms with Crippen LogP contribution < -0.4 is 4.90 Å². The molecule has 1 heterocycles. The lowest BCUT2D eigenvalue weighted by Gasteiger charge is -2.25. The van der Waals surface area contributed by atoms with Gasteiger partial charge < -0.3 is 10.0 Å². The number of anilines is 1. The summed E-state index contributed by atoms with van der Waals surface area (Å²) in [5.74, 6) is -0.600. The molecule has 3 nitrogen and oxygen atoms in total. The van der Waals surface area contributed by atoms with E-state index >= 15 is 0 Å². The van der Waals surface area contributed by atoms with Gasteiger partial charge in [-0.15, -0.1) is 0 Å². The quantitative estimate of drug-likeness (QED) is 0.889. The van der Waals surface area contributed by atoms with Gasteiger partial charge in [-0.3, -0.25) is 4.79 Å². The van der Waals surface area contributed by atoms with E-state index in [1.165, 1.54) is 11.3 Å². The van der Waals surface area contributed by atoms with Crippen LogP contribution in [0.5, 0.6) is 0 Å². The maximum Gasteiger partial charge on any atom is 0.310 e. The molecule has 1 aliphatic heterocycles. The third kappa shape index (κ3) is 2.35. The van der Waals surface area contributed by atoms with Crippen molar-refractivity contribution in [3.63, 3.8) is 0 Å². The smallest absolute Gasteiger partial charge is 0.310 e. The summed E-state index contributed by atoms with van der Waals surface area (Å²) in [5, 5.41) is 9.22. The first-order valence-electron chi connectivity index (χ1n) is 6.60. The number of carboxylic acids is 1. The molecule has 1 atom stereocenters. The number of aliphatic carboxylic acids is 1. The van der Waals surface area contributed by atoms with Gasteiger partial charge in [0.05, 0.1) is 5.92 Å². The molecule has 1 unspecified atom stereocenters. The molecular weight excluding hydrogens is 226 g/mol. The first kappa shape index (κ1) is 12.9. The van der Waals surface area contributed by atoms with Crippen molar-refractivity contribution in [2.24, 2.45) is 5.92 Å². The molecule has 1 N–H and O–H groups in total. The van der Waals surface area contributed by atoms with Crippen molar-refractivity contribution >= 4 is 11.7 Å². The molecule has 0 amide bonds. The molecule has 0 saturated heterocycles. The minimum Gasteiger partial charge on any atom is -0.481 e. The predicted molar refractivity (Wildman–Crippen MR) is 73.2 cm³/mol. The Kier molecular flexibility index (Phi) is 3.60. The number of nitrogens with zero attached hydrogens (tertiary/aromatic N) is 1. The predicted octanol–water partition coefficient (Wildman–Crippen LogP) is 2.89. The van der Waals surface area contributed by atoms with Crippen LogP contribution in [0.1, 0.15) is 37.8 Å². The van der Waals surface area contributed by atoms with Crippen LogP contribution in [-0.2, 0) is 11.2 Å². The van der Waals surface area contributed by atoms with Crippen molar-refractivity contribution in [1.82, 2.24) is 0 Å². The Balaban J connectivity index is 2.39. The van der Waals surface area contributed by atoms with E-state index in [1.54, 1.807) is 6.92 Å². The third-order valence-corrected chi connectivity index (χ3v) is 3.54. The fourth-order valence-corrected chi connectivity index (χ4v) is 2.67. The molecule has 1 aliphatic rings. The molecule has 0 aromatic heterocycles. The zero-order valence-corrected chi connectivity index (χ0v) is 11.3. The van der Waals surface area contributed by atoms with Gasteiger partial charge in [0.25, 0.3) is 0 Å². The van der Waals surface area contributed by atoms with Crippen LogP contribution in [0.3, 0.4) is 0 Å². The monoisotopic (exact) mass is 247 g/mol. The van der Waals surface area contributed by atoms with Crippen molar-refractivity contribution in [3.8, 4) is 0 Å². The highest BCUT2D eigenvalue weighted by molar-refractivity contribution is 5.80. The Hall–Kier alpha value is -1.51. The second-order valence-corrected chi connectivity index (χ2v) is 5.50. The molecule has 0 bridgehead atoms. The Labute approximate surface area is 108 Å². The van der Waals surface area contributed by atoms with Crippen LogP contribution in [0.4, 0.5) is 5.69 Å². The molecule has 1 aromatic rings. The zero-order valence-electron chi connectivity index (χ0n) is 11.3. The normalized spacial score (nSPS) is 15.9. The molecule has 18 heavy (non-hydrogen) atoms. The number of benzene rings is 1. The Morgan fingerprint density at radius 3 is 2.72 bits per heavy atom. The first-order chi connectivity index (χ1) is 8.50. The minimum atomic E-state index is -0.750. The molecule has 0 saturated carbocycles. The zero-order chi connectivity index (χ0) is 13.3. The molecule has 98 valence electrons. The maximum absolute atomic E-state index is 11.2. The average Bonchev–Trinajstić information content (AvgIpc) is 2.70. The number of para-hydroxylation sites is 1. The van der Waals surface area contributed by atoms with Gasteiger partial charge in [0, 0.05) is 18.8 Å². The Morgan fingerprint density at radius 1 is 1.39 bits per heavy atom. The van der Waals surface area contributed by atoms with E-state index in [0.29, 0.717) is 5.92 Å². The summed E-state index contributed by atoms with van der Waals surface area (Å²) in [5.41, 5.74) is 3.42. The van der Waals surface area contributed by atoms with Crippen molar-refractivity contribution in [2.75, 3.05) is 18.0 Å². The minimum absolute atomic E-state index is 0.437. The van der Waals surface area contributed by atoms with Gasteiger partial charge in [-0.1, -0.05) is 32.0 Å². The Morgan fingerprint density at radius 2 is 2.11 bits per heavy atom. The summed E-state index contributed by atoms with van der Waals surface area (Å²) in [6.45, 7) is 8.17. The van der Waals surface area contributed by atoms with E-state index in [2.05, 4.69) is 24.8 Å². The van der Waals surface area contributed by atoms with Crippen LogP contribution >= 0.6 is 0 Å². The molecular formula is C15H21NO2. The van der Waals surface area contributed by atoms with Crippen LogP contribution in [-0.4, -0.2) is 24.2 Å². The molecule has 2 rings (SSSR count). The van der Waals surface area contributed by atoms with Gasteiger partial charge >= 0.3 is 5.97 Å². The second kappa shape index (κ2) is 5.01. The average molecular weight is 247 g/mol. The van der Waals surface area contributed by atoms with Crippen molar-refractivity contribution in [2.45, 2.75) is 33.1 Å². The summed E-state index contributed by atoms with van der Waals surface area (Å²) < 4.78 is 0.